The third kappa shape index (κ3) is 4.00. The van der Waals surface area contributed by atoms with Crippen LogP contribution in [0.3, 0.4) is 0 Å². The number of fused-ring (bicyclic) bond motifs is 1. The summed E-state index contributed by atoms with van der Waals surface area (Å²) in [5.41, 5.74) is 1.49. The molecular weight excluding hydrogens is 386 g/mol. The number of nitrogens with zero attached hydrogens (tertiary/aromatic N) is 1. The van der Waals surface area contributed by atoms with Gasteiger partial charge in [0.25, 0.3) is 0 Å². The van der Waals surface area contributed by atoms with Gasteiger partial charge < -0.3 is 19.3 Å². The van der Waals surface area contributed by atoms with Gasteiger partial charge in [-0.25, -0.2) is 14.6 Å². The molecule has 7 nitrogen and oxygen atoms in total. The Labute approximate surface area is 171 Å². The first-order valence-electron chi connectivity index (χ1n) is 9.08. The molecule has 0 amide bonds. The molecule has 0 aromatic heterocycles. The van der Waals surface area contributed by atoms with Crippen LogP contribution in [0.2, 0.25) is 0 Å². The molecule has 0 fully saturated rings. The fraction of sp³-hybridized carbons (Fsp3) is 0.0870. The lowest BCUT2D eigenvalue weighted by Gasteiger charge is -2.09. The van der Waals surface area contributed by atoms with Gasteiger partial charge in [-0.1, -0.05) is 36.4 Å². The number of carbonyl (C=O) groups is 2. The van der Waals surface area contributed by atoms with Gasteiger partial charge in [0, 0.05) is 5.56 Å². The second-order valence-electron chi connectivity index (χ2n) is 6.49. The standard InChI is InChI=1S/C23H17NO6/c1-28-20-11-14(6-9-19(20)29-13-21(25)26)10-18-23(27)30-22(24-18)17-8-7-15-4-2-3-5-16(15)12-17/h2-12H,13H2,1H3,(H,25,26)/b18-10-. The van der Waals surface area contributed by atoms with Crippen molar-refractivity contribution < 1.29 is 28.9 Å². The summed E-state index contributed by atoms with van der Waals surface area (Å²) in [6.45, 7) is -0.484. The van der Waals surface area contributed by atoms with Gasteiger partial charge >= 0.3 is 11.9 Å². The van der Waals surface area contributed by atoms with Crippen LogP contribution in [0.15, 0.2) is 71.4 Å². The number of benzene rings is 3. The predicted molar refractivity (Wildman–Crippen MR) is 111 cm³/mol. The van der Waals surface area contributed by atoms with E-state index in [1.807, 2.05) is 42.5 Å². The molecule has 0 saturated carbocycles. The van der Waals surface area contributed by atoms with Crippen molar-refractivity contribution in [1.82, 2.24) is 0 Å². The highest BCUT2D eigenvalue weighted by atomic mass is 16.6. The molecule has 0 radical (unpaired) electrons. The number of aliphatic imine (C=N–C) groups is 1. The summed E-state index contributed by atoms with van der Waals surface area (Å²) >= 11 is 0. The lowest BCUT2D eigenvalue weighted by Crippen LogP contribution is -2.10. The molecule has 0 saturated heterocycles. The quantitative estimate of drug-likeness (QED) is 0.499. The summed E-state index contributed by atoms with van der Waals surface area (Å²) in [6.07, 6.45) is 1.57. The van der Waals surface area contributed by atoms with Crippen LogP contribution >= 0.6 is 0 Å². The molecule has 1 N–H and O–H groups in total. The maximum Gasteiger partial charge on any atom is 0.363 e. The van der Waals surface area contributed by atoms with E-state index < -0.39 is 18.5 Å². The molecule has 1 aliphatic heterocycles. The second kappa shape index (κ2) is 8.08. The number of hydrogen-bond acceptors (Lipinski definition) is 6. The molecular formula is C23H17NO6. The number of rotatable bonds is 6. The minimum absolute atomic E-state index is 0.152. The maximum absolute atomic E-state index is 12.3. The van der Waals surface area contributed by atoms with Gasteiger partial charge in [-0.2, -0.15) is 0 Å². The summed E-state index contributed by atoms with van der Waals surface area (Å²) in [5.74, 6) is -0.770. The third-order valence-electron chi connectivity index (χ3n) is 4.46. The number of esters is 1. The molecule has 0 atom stereocenters. The molecule has 4 rings (SSSR count). The van der Waals surface area contributed by atoms with Crippen molar-refractivity contribution in [3.63, 3.8) is 0 Å². The van der Waals surface area contributed by atoms with E-state index in [0.29, 0.717) is 16.9 Å². The zero-order valence-corrected chi connectivity index (χ0v) is 16.0. The van der Waals surface area contributed by atoms with Gasteiger partial charge in [-0.05, 0) is 46.7 Å². The molecule has 1 aliphatic rings. The van der Waals surface area contributed by atoms with Crippen molar-refractivity contribution in [1.29, 1.82) is 0 Å². The van der Waals surface area contributed by atoms with Crippen LogP contribution < -0.4 is 9.47 Å². The van der Waals surface area contributed by atoms with Crippen molar-refractivity contribution in [2.45, 2.75) is 0 Å². The number of methoxy groups -OCH3 is 1. The first kappa shape index (κ1) is 19.2. The molecule has 30 heavy (non-hydrogen) atoms. The Balaban J connectivity index is 1.62. The zero-order chi connectivity index (χ0) is 21.1. The molecule has 3 aromatic carbocycles. The van der Waals surface area contributed by atoms with Crippen LogP contribution in [0.1, 0.15) is 11.1 Å². The van der Waals surface area contributed by atoms with E-state index in [1.165, 1.54) is 7.11 Å². The fourth-order valence-electron chi connectivity index (χ4n) is 3.05. The minimum atomic E-state index is -1.09. The molecule has 0 spiro atoms. The number of carbonyl (C=O) groups excluding carboxylic acids is 1. The van der Waals surface area contributed by atoms with E-state index in [-0.39, 0.29) is 17.3 Å². The number of aliphatic carboxylic acids is 1. The number of carboxylic acids is 1. The van der Waals surface area contributed by atoms with Crippen LogP contribution in [0.25, 0.3) is 16.8 Å². The third-order valence-corrected chi connectivity index (χ3v) is 4.46. The van der Waals surface area contributed by atoms with E-state index in [1.54, 1.807) is 24.3 Å². The summed E-state index contributed by atoms with van der Waals surface area (Å²) in [5, 5.41) is 10.9. The molecule has 150 valence electrons. The SMILES string of the molecule is COc1cc(/C=C2\N=C(c3ccc4ccccc4c3)OC2=O)ccc1OCC(=O)O. The first-order chi connectivity index (χ1) is 14.5. The van der Waals surface area contributed by atoms with Gasteiger partial charge in [-0.3, -0.25) is 0 Å². The fourth-order valence-corrected chi connectivity index (χ4v) is 3.05. The van der Waals surface area contributed by atoms with Crippen molar-refractivity contribution >= 4 is 34.7 Å². The van der Waals surface area contributed by atoms with Gasteiger partial charge in [-0.15, -0.1) is 0 Å². The Morgan fingerprint density at radius 2 is 1.87 bits per heavy atom. The number of cyclic esters (lactones) is 1. The predicted octanol–water partition coefficient (Wildman–Crippen LogP) is 3.66. The summed E-state index contributed by atoms with van der Waals surface area (Å²) in [4.78, 5) is 27.3. The van der Waals surface area contributed by atoms with Crippen LogP contribution in [-0.4, -0.2) is 36.7 Å². The molecule has 0 unspecified atom stereocenters. The topological polar surface area (TPSA) is 94.4 Å². The van der Waals surface area contributed by atoms with Crippen molar-refractivity contribution in [3.05, 3.63) is 77.5 Å². The molecule has 0 bridgehead atoms. The van der Waals surface area contributed by atoms with Crippen LogP contribution in [0, 0.1) is 0 Å². The number of hydrogen-bond donors (Lipinski definition) is 1. The Bertz CT molecular complexity index is 1210. The van der Waals surface area contributed by atoms with Crippen molar-refractivity contribution in [2.75, 3.05) is 13.7 Å². The zero-order valence-electron chi connectivity index (χ0n) is 16.0. The number of carboxylic acid groups (broad SMARTS) is 1. The van der Waals surface area contributed by atoms with Gasteiger partial charge in [0.1, 0.15) is 0 Å². The Morgan fingerprint density at radius 3 is 2.63 bits per heavy atom. The molecule has 3 aromatic rings. The van der Waals surface area contributed by atoms with E-state index in [4.69, 9.17) is 19.3 Å². The van der Waals surface area contributed by atoms with E-state index in [0.717, 1.165) is 10.8 Å². The van der Waals surface area contributed by atoms with Gasteiger partial charge in [0.05, 0.1) is 7.11 Å². The lowest BCUT2D eigenvalue weighted by atomic mass is 10.1. The lowest BCUT2D eigenvalue weighted by molar-refractivity contribution is -0.139. The van der Waals surface area contributed by atoms with E-state index >= 15 is 0 Å². The monoisotopic (exact) mass is 403 g/mol. The largest absolute Gasteiger partial charge is 0.493 e. The highest BCUT2D eigenvalue weighted by Crippen LogP contribution is 2.30. The molecule has 0 aliphatic carbocycles. The van der Waals surface area contributed by atoms with Crippen LogP contribution in [0.4, 0.5) is 0 Å². The summed E-state index contributed by atoms with van der Waals surface area (Å²) in [6, 6.07) is 18.5. The summed E-state index contributed by atoms with van der Waals surface area (Å²) in [7, 11) is 1.44. The Kier molecular flexibility index (Phi) is 5.17. The minimum Gasteiger partial charge on any atom is -0.493 e. The maximum atomic E-state index is 12.3. The van der Waals surface area contributed by atoms with Gasteiger partial charge in [0.15, 0.2) is 23.8 Å². The normalized spacial score (nSPS) is 14.5. The smallest absolute Gasteiger partial charge is 0.363 e. The second-order valence-corrected chi connectivity index (χ2v) is 6.49. The van der Waals surface area contributed by atoms with Crippen molar-refractivity contribution in [3.8, 4) is 11.5 Å². The highest BCUT2D eigenvalue weighted by molar-refractivity contribution is 6.13. The number of ether oxygens (including phenoxy) is 3. The van der Waals surface area contributed by atoms with Crippen molar-refractivity contribution in [2.24, 2.45) is 4.99 Å². The average Bonchev–Trinajstić information content (AvgIpc) is 3.12. The first-order valence-corrected chi connectivity index (χ1v) is 9.08. The van der Waals surface area contributed by atoms with E-state index in [2.05, 4.69) is 4.99 Å². The van der Waals surface area contributed by atoms with Crippen LogP contribution in [-0.2, 0) is 14.3 Å². The van der Waals surface area contributed by atoms with Crippen LogP contribution in [0.5, 0.6) is 11.5 Å². The summed E-state index contributed by atoms with van der Waals surface area (Å²) < 4.78 is 15.8. The average molecular weight is 403 g/mol. The van der Waals surface area contributed by atoms with Gasteiger partial charge in [0.2, 0.25) is 5.90 Å². The Hall–Kier alpha value is -4.13. The molecule has 7 heteroatoms. The highest BCUT2D eigenvalue weighted by Gasteiger charge is 2.24. The Morgan fingerprint density at radius 1 is 1.07 bits per heavy atom. The molecule has 1 heterocycles. The van der Waals surface area contributed by atoms with E-state index in [9.17, 15) is 9.59 Å².